The molecule has 0 radical (unpaired) electrons. The fraction of sp³-hybridized carbons (Fsp3) is 0. The van der Waals surface area contributed by atoms with E-state index in [9.17, 15) is 5.26 Å². The summed E-state index contributed by atoms with van der Waals surface area (Å²) in [7, 11) is 0. The molecule has 3 nitrogen and oxygen atoms in total. The van der Waals surface area contributed by atoms with Gasteiger partial charge < -0.3 is 4.42 Å². The zero-order chi connectivity index (χ0) is 28.8. The zero-order valence-electron chi connectivity index (χ0n) is 23.2. The Bertz CT molecular complexity index is 2310. The Labute approximate surface area is 248 Å². The van der Waals surface area contributed by atoms with Crippen LogP contribution in [0.25, 0.3) is 77.5 Å². The lowest BCUT2D eigenvalue weighted by Gasteiger charge is -2.13. The lowest BCUT2D eigenvalue weighted by molar-refractivity contribution is 0.620. The van der Waals surface area contributed by atoms with Gasteiger partial charge in [0.1, 0.15) is 5.52 Å². The average Bonchev–Trinajstić information content (AvgIpc) is 3.52. The van der Waals surface area contributed by atoms with Crippen molar-refractivity contribution < 1.29 is 4.42 Å². The lowest BCUT2D eigenvalue weighted by atomic mass is 9.91. The minimum absolute atomic E-state index is 0.635. The number of para-hydroxylation sites is 2. The van der Waals surface area contributed by atoms with Gasteiger partial charge >= 0.3 is 0 Å². The molecular formula is C40H24N2O. The molecule has 3 heteroatoms. The van der Waals surface area contributed by atoms with Crippen LogP contribution in [0.2, 0.25) is 0 Å². The molecule has 0 amide bonds. The summed E-state index contributed by atoms with van der Waals surface area (Å²) in [6, 6.07) is 52.5. The normalized spacial score (nSPS) is 11.2. The van der Waals surface area contributed by atoms with Gasteiger partial charge in [-0.1, -0.05) is 97.1 Å². The number of hydrogen-bond acceptors (Lipinski definition) is 3. The molecule has 0 N–H and O–H groups in total. The summed E-state index contributed by atoms with van der Waals surface area (Å²) in [6.07, 6.45) is 0. The van der Waals surface area contributed by atoms with E-state index in [1.165, 1.54) is 38.2 Å². The molecule has 0 spiro atoms. The maximum absolute atomic E-state index is 9.20. The van der Waals surface area contributed by atoms with Crippen molar-refractivity contribution in [2.45, 2.75) is 0 Å². The molecule has 1 heterocycles. The minimum Gasteiger partial charge on any atom is -0.436 e. The van der Waals surface area contributed by atoms with E-state index >= 15 is 0 Å². The highest BCUT2D eigenvalue weighted by Crippen LogP contribution is 2.37. The number of aromatic nitrogens is 1. The van der Waals surface area contributed by atoms with E-state index in [0.717, 1.165) is 33.4 Å². The van der Waals surface area contributed by atoms with Crippen LogP contribution >= 0.6 is 0 Å². The Morgan fingerprint density at radius 1 is 0.488 bits per heavy atom. The van der Waals surface area contributed by atoms with Gasteiger partial charge in [-0.25, -0.2) is 4.98 Å². The molecule has 7 aromatic carbocycles. The third kappa shape index (κ3) is 4.43. The van der Waals surface area contributed by atoms with Crippen molar-refractivity contribution in [3.8, 4) is 50.9 Å². The Morgan fingerprint density at radius 2 is 1.05 bits per heavy atom. The Morgan fingerprint density at radius 3 is 1.74 bits per heavy atom. The first-order valence-electron chi connectivity index (χ1n) is 14.3. The van der Waals surface area contributed by atoms with E-state index in [-0.39, 0.29) is 0 Å². The van der Waals surface area contributed by atoms with Crippen LogP contribution in [0.3, 0.4) is 0 Å². The third-order valence-electron chi connectivity index (χ3n) is 8.16. The predicted octanol–water partition coefficient (Wildman–Crippen LogP) is 10.7. The number of nitrogens with zero attached hydrogens (tertiary/aromatic N) is 2. The minimum atomic E-state index is 0.635. The summed E-state index contributed by atoms with van der Waals surface area (Å²) in [5.74, 6) is 0.635. The smallest absolute Gasteiger partial charge is 0.227 e. The summed E-state index contributed by atoms with van der Waals surface area (Å²) >= 11 is 0. The maximum Gasteiger partial charge on any atom is 0.227 e. The second-order valence-electron chi connectivity index (χ2n) is 10.7. The molecule has 0 saturated carbocycles. The highest BCUT2D eigenvalue weighted by Gasteiger charge is 2.12. The van der Waals surface area contributed by atoms with Crippen LogP contribution in [-0.4, -0.2) is 4.98 Å². The molecule has 0 unspecified atom stereocenters. The van der Waals surface area contributed by atoms with Gasteiger partial charge in [0.25, 0.3) is 0 Å². The zero-order valence-corrected chi connectivity index (χ0v) is 23.2. The van der Waals surface area contributed by atoms with Crippen molar-refractivity contribution in [2.75, 3.05) is 0 Å². The van der Waals surface area contributed by atoms with Crippen LogP contribution in [0.5, 0.6) is 0 Å². The molecule has 0 aliphatic carbocycles. The van der Waals surface area contributed by atoms with Gasteiger partial charge in [0.2, 0.25) is 5.89 Å². The molecule has 0 aliphatic rings. The number of oxazole rings is 1. The molecule has 0 bridgehead atoms. The molecule has 0 fully saturated rings. The largest absolute Gasteiger partial charge is 0.436 e. The van der Waals surface area contributed by atoms with Gasteiger partial charge in [0.05, 0.1) is 11.6 Å². The van der Waals surface area contributed by atoms with Crippen LogP contribution in [-0.2, 0) is 0 Å². The van der Waals surface area contributed by atoms with Gasteiger partial charge in [-0.05, 0) is 103 Å². The van der Waals surface area contributed by atoms with E-state index in [4.69, 9.17) is 4.42 Å². The predicted molar refractivity (Wildman–Crippen MR) is 175 cm³/mol. The molecule has 43 heavy (non-hydrogen) atoms. The summed E-state index contributed by atoms with van der Waals surface area (Å²) in [5.41, 5.74) is 10.3. The summed E-state index contributed by atoms with van der Waals surface area (Å²) in [4.78, 5) is 4.63. The third-order valence-corrected chi connectivity index (χ3v) is 8.16. The number of fused-ring (bicyclic) bond motifs is 3. The van der Waals surface area contributed by atoms with Gasteiger partial charge in [-0.2, -0.15) is 5.26 Å². The van der Waals surface area contributed by atoms with E-state index in [0.29, 0.717) is 11.5 Å². The molecule has 200 valence electrons. The highest BCUT2D eigenvalue weighted by atomic mass is 16.3. The van der Waals surface area contributed by atoms with Crippen molar-refractivity contribution in [1.29, 1.82) is 5.26 Å². The summed E-state index contributed by atoms with van der Waals surface area (Å²) in [6.45, 7) is 0. The van der Waals surface area contributed by atoms with Crippen LogP contribution in [0.15, 0.2) is 150 Å². The van der Waals surface area contributed by atoms with E-state index in [1.807, 2.05) is 48.5 Å². The van der Waals surface area contributed by atoms with E-state index in [1.54, 1.807) is 0 Å². The Hall–Kier alpha value is -5.98. The number of hydrogen-bond donors (Lipinski definition) is 0. The van der Waals surface area contributed by atoms with Crippen molar-refractivity contribution in [3.63, 3.8) is 0 Å². The van der Waals surface area contributed by atoms with Gasteiger partial charge in [0, 0.05) is 5.56 Å². The molecule has 8 aromatic rings. The van der Waals surface area contributed by atoms with Crippen LogP contribution in [0, 0.1) is 11.3 Å². The quantitative estimate of drug-likeness (QED) is 0.220. The van der Waals surface area contributed by atoms with Crippen molar-refractivity contribution >= 4 is 32.6 Å². The number of rotatable bonds is 4. The Balaban J connectivity index is 1.12. The Kier molecular flexibility index (Phi) is 5.84. The molecule has 0 aliphatic heterocycles. The first-order valence-corrected chi connectivity index (χ1v) is 14.3. The van der Waals surface area contributed by atoms with Crippen molar-refractivity contribution in [3.05, 3.63) is 151 Å². The molecule has 0 atom stereocenters. The fourth-order valence-electron chi connectivity index (χ4n) is 5.92. The lowest BCUT2D eigenvalue weighted by Crippen LogP contribution is -1.87. The van der Waals surface area contributed by atoms with E-state index < -0.39 is 0 Å². The first-order chi connectivity index (χ1) is 21.2. The van der Waals surface area contributed by atoms with Gasteiger partial charge in [0.15, 0.2) is 5.58 Å². The van der Waals surface area contributed by atoms with Crippen LogP contribution in [0.4, 0.5) is 0 Å². The second kappa shape index (κ2) is 10.1. The number of nitriles is 1. The van der Waals surface area contributed by atoms with Gasteiger partial charge in [-0.3, -0.25) is 0 Å². The van der Waals surface area contributed by atoms with Crippen molar-refractivity contribution in [2.24, 2.45) is 0 Å². The maximum atomic E-state index is 9.20. The van der Waals surface area contributed by atoms with Gasteiger partial charge in [-0.15, -0.1) is 0 Å². The van der Waals surface area contributed by atoms with Crippen LogP contribution in [0.1, 0.15) is 5.56 Å². The van der Waals surface area contributed by atoms with Crippen LogP contribution < -0.4 is 0 Å². The summed E-state index contributed by atoms with van der Waals surface area (Å²) in [5, 5.41) is 14.0. The first kappa shape index (κ1) is 24.8. The molecule has 0 saturated heterocycles. The molecule has 8 rings (SSSR count). The fourth-order valence-corrected chi connectivity index (χ4v) is 5.92. The van der Waals surface area contributed by atoms with E-state index in [2.05, 4.69) is 108 Å². The SMILES string of the molecule is N#Cc1ccc(-c2ccc(-c3ccc4cc(-c5ccc(-c6nc7ccccc7o6)cc5)ccc4c3)c3ccccc23)cc1. The monoisotopic (exact) mass is 548 g/mol. The summed E-state index contributed by atoms with van der Waals surface area (Å²) < 4.78 is 5.95. The number of benzene rings is 7. The average molecular weight is 549 g/mol. The standard InChI is InChI=1S/C40H24N2O/c41-25-26-9-11-28(12-10-26)34-21-22-35(37-6-2-1-5-36(34)37)33-20-19-31-23-30(17-18-32(31)24-33)27-13-15-29(16-14-27)40-42-38-7-3-4-8-39(38)43-40/h1-24H. The molecule has 1 aromatic heterocycles. The second-order valence-corrected chi connectivity index (χ2v) is 10.7. The topological polar surface area (TPSA) is 49.8 Å². The highest BCUT2D eigenvalue weighted by molar-refractivity contribution is 6.06. The molecular weight excluding hydrogens is 524 g/mol. The van der Waals surface area contributed by atoms with Crippen molar-refractivity contribution in [1.82, 2.24) is 4.98 Å².